The van der Waals surface area contributed by atoms with Crippen molar-refractivity contribution >= 4 is 26.0 Å². The third-order valence-electron chi connectivity index (χ3n) is 4.57. The topological polar surface area (TPSA) is 37.4 Å². The van der Waals surface area contributed by atoms with Crippen LogP contribution in [-0.4, -0.2) is 29.6 Å². The van der Waals surface area contributed by atoms with Gasteiger partial charge in [0.15, 0.2) is 0 Å². The molecule has 0 radical (unpaired) electrons. The van der Waals surface area contributed by atoms with Crippen molar-refractivity contribution in [1.29, 1.82) is 0 Å². The van der Waals surface area contributed by atoms with E-state index in [9.17, 15) is 12.8 Å². The van der Waals surface area contributed by atoms with Gasteiger partial charge in [0.1, 0.15) is 5.82 Å². The largest absolute Gasteiger partial charge is 0.244 e. The Balaban J connectivity index is 2.06. The highest BCUT2D eigenvalue weighted by atomic mass is 79.9. The van der Waals surface area contributed by atoms with E-state index < -0.39 is 10.0 Å². The molecule has 0 amide bonds. The second kappa shape index (κ2) is 5.32. The molecular weight excluding hydrogens is 357 g/mol. The molecule has 1 aromatic carbocycles. The fourth-order valence-corrected chi connectivity index (χ4v) is 7.04. The molecule has 2 aliphatic heterocycles. The minimum absolute atomic E-state index is 0.0713. The SMILES string of the molecule is Cc1cc(F)cc(C)c1S(=O)(=O)N1C2CCC1CC(Br)C2. The normalized spacial score (nSPS) is 29.8. The van der Waals surface area contributed by atoms with Crippen LogP contribution in [-0.2, 0) is 10.0 Å². The average Bonchev–Trinajstić information content (AvgIpc) is 2.61. The summed E-state index contributed by atoms with van der Waals surface area (Å²) >= 11 is 3.63. The predicted molar refractivity (Wildman–Crippen MR) is 83.7 cm³/mol. The fraction of sp³-hybridized carbons (Fsp3) is 0.600. The maximum atomic E-state index is 13.4. The standard InChI is InChI=1S/C15H19BrFNO2S/c1-9-5-12(17)6-10(2)15(9)21(19,20)18-13-3-4-14(18)8-11(16)7-13/h5-6,11,13-14H,3-4,7-8H2,1-2H3. The van der Waals surface area contributed by atoms with Crippen molar-refractivity contribution in [2.75, 3.05) is 0 Å². The number of rotatable bonds is 2. The molecule has 0 N–H and O–H groups in total. The van der Waals surface area contributed by atoms with Crippen LogP contribution in [0.2, 0.25) is 0 Å². The molecule has 0 spiro atoms. The van der Waals surface area contributed by atoms with Gasteiger partial charge in [-0.3, -0.25) is 0 Å². The van der Waals surface area contributed by atoms with Crippen molar-refractivity contribution in [2.24, 2.45) is 0 Å². The highest BCUT2D eigenvalue weighted by Crippen LogP contribution is 2.42. The van der Waals surface area contributed by atoms with E-state index in [0.29, 0.717) is 16.0 Å². The van der Waals surface area contributed by atoms with Gasteiger partial charge >= 0.3 is 0 Å². The van der Waals surface area contributed by atoms with Crippen LogP contribution in [0.1, 0.15) is 36.8 Å². The molecule has 116 valence electrons. The van der Waals surface area contributed by atoms with Crippen LogP contribution in [0.3, 0.4) is 0 Å². The maximum absolute atomic E-state index is 13.4. The number of hydrogen-bond acceptors (Lipinski definition) is 2. The van der Waals surface area contributed by atoms with Crippen molar-refractivity contribution in [3.8, 4) is 0 Å². The van der Waals surface area contributed by atoms with E-state index in [2.05, 4.69) is 15.9 Å². The first-order chi connectivity index (χ1) is 9.80. The highest BCUT2D eigenvalue weighted by Gasteiger charge is 2.47. The Morgan fingerprint density at radius 1 is 1.14 bits per heavy atom. The average molecular weight is 376 g/mol. The van der Waals surface area contributed by atoms with Crippen LogP contribution in [0.5, 0.6) is 0 Å². The Hall–Kier alpha value is -0.460. The summed E-state index contributed by atoms with van der Waals surface area (Å²) in [5, 5.41) is 0. The van der Waals surface area contributed by atoms with Gasteiger partial charge in [0.25, 0.3) is 0 Å². The Kier molecular flexibility index (Phi) is 3.91. The minimum atomic E-state index is -3.55. The number of sulfonamides is 1. The van der Waals surface area contributed by atoms with Gasteiger partial charge in [-0.15, -0.1) is 0 Å². The first-order valence-corrected chi connectivity index (χ1v) is 9.60. The lowest BCUT2D eigenvalue weighted by molar-refractivity contribution is 0.255. The van der Waals surface area contributed by atoms with E-state index >= 15 is 0 Å². The predicted octanol–water partition coefficient (Wildman–Crippen LogP) is 3.52. The van der Waals surface area contributed by atoms with Crippen LogP contribution in [0, 0.1) is 19.7 Å². The molecule has 2 atom stereocenters. The zero-order chi connectivity index (χ0) is 15.4. The fourth-order valence-electron chi connectivity index (χ4n) is 3.87. The molecule has 2 bridgehead atoms. The second-order valence-corrected chi connectivity index (χ2v) is 9.23. The summed E-state index contributed by atoms with van der Waals surface area (Å²) in [6.07, 6.45) is 3.56. The second-order valence-electron chi connectivity index (χ2n) is 6.16. The highest BCUT2D eigenvalue weighted by molar-refractivity contribution is 9.09. The number of aryl methyl sites for hydroxylation is 2. The molecule has 21 heavy (non-hydrogen) atoms. The molecule has 0 aliphatic carbocycles. The van der Waals surface area contributed by atoms with E-state index in [1.54, 1.807) is 18.2 Å². The van der Waals surface area contributed by atoms with Crippen molar-refractivity contribution in [3.63, 3.8) is 0 Å². The number of fused-ring (bicyclic) bond motifs is 2. The lowest BCUT2D eigenvalue weighted by Crippen LogP contribution is -2.47. The molecule has 2 unspecified atom stereocenters. The summed E-state index contributed by atoms with van der Waals surface area (Å²) < 4.78 is 41.3. The summed E-state index contributed by atoms with van der Waals surface area (Å²) in [7, 11) is -3.55. The molecule has 2 aliphatic rings. The quantitative estimate of drug-likeness (QED) is 0.741. The van der Waals surface area contributed by atoms with Gasteiger partial charge in [-0.25, -0.2) is 12.8 Å². The number of piperidine rings is 1. The zero-order valence-electron chi connectivity index (χ0n) is 12.1. The number of halogens is 2. The molecular formula is C15H19BrFNO2S. The third-order valence-corrected chi connectivity index (χ3v) is 7.63. The molecule has 3 nitrogen and oxygen atoms in total. The van der Waals surface area contributed by atoms with Crippen molar-refractivity contribution < 1.29 is 12.8 Å². The van der Waals surface area contributed by atoms with Crippen LogP contribution >= 0.6 is 15.9 Å². The van der Waals surface area contributed by atoms with Crippen LogP contribution in [0.4, 0.5) is 4.39 Å². The Morgan fingerprint density at radius 2 is 1.62 bits per heavy atom. The van der Waals surface area contributed by atoms with Crippen LogP contribution < -0.4 is 0 Å². The van der Waals surface area contributed by atoms with Crippen LogP contribution in [0.25, 0.3) is 0 Å². The molecule has 2 fully saturated rings. The summed E-state index contributed by atoms with van der Waals surface area (Å²) in [5.41, 5.74) is 0.987. The lowest BCUT2D eigenvalue weighted by atomic mass is 10.1. The summed E-state index contributed by atoms with van der Waals surface area (Å²) in [5.74, 6) is -0.383. The number of benzene rings is 1. The van der Waals surface area contributed by atoms with Gasteiger partial charge < -0.3 is 0 Å². The molecule has 2 saturated heterocycles. The first kappa shape index (κ1) is 15.4. The third kappa shape index (κ3) is 2.55. The van der Waals surface area contributed by atoms with Gasteiger partial charge in [0.05, 0.1) is 4.90 Å². The Bertz CT molecular complexity index is 639. The molecule has 3 rings (SSSR count). The molecule has 2 heterocycles. The van der Waals surface area contributed by atoms with E-state index in [1.165, 1.54) is 12.1 Å². The van der Waals surface area contributed by atoms with E-state index in [4.69, 9.17) is 0 Å². The number of alkyl halides is 1. The van der Waals surface area contributed by atoms with Gasteiger partial charge in [-0.2, -0.15) is 4.31 Å². The lowest BCUT2D eigenvalue weighted by Gasteiger charge is -2.36. The molecule has 1 aromatic rings. The monoisotopic (exact) mass is 375 g/mol. The smallest absolute Gasteiger partial charge is 0.207 e. The maximum Gasteiger partial charge on any atom is 0.244 e. The van der Waals surface area contributed by atoms with Crippen LogP contribution in [0.15, 0.2) is 17.0 Å². The Labute approximate surface area is 133 Å². The zero-order valence-corrected chi connectivity index (χ0v) is 14.5. The van der Waals surface area contributed by atoms with Crippen molar-refractivity contribution in [2.45, 2.75) is 61.3 Å². The number of hydrogen-bond donors (Lipinski definition) is 0. The first-order valence-electron chi connectivity index (χ1n) is 7.25. The minimum Gasteiger partial charge on any atom is -0.207 e. The summed E-state index contributed by atoms with van der Waals surface area (Å²) in [6.45, 7) is 3.34. The van der Waals surface area contributed by atoms with Gasteiger partial charge in [0, 0.05) is 16.9 Å². The summed E-state index contributed by atoms with van der Waals surface area (Å²) in [6, 6.07) is 2.75. The Morgan fingerprint density at radius 3 is 2.10 bits per heavy atom. The van der Waals surface area contributed by atoms with Crippen molar-refractivity contribution in [3.05, 3.63) is 29.1 Å². The summed E-state index contributed by atoms with van der Waals surface area (Å²) in [4.78, 5) is 0.686. The van der Waals surface area contributed by atoms with Crippen molar-refractivity contribution in [1.82, 2.24) is 4.31 Å². The van der Waals surface area contributed by atoms with Gasteiger partial charge in [-0.05, 0) is 62.8 Å². The van der Waals surface area contributed by atoms with Gasteiger partial charge in [0.2, 0.25) is 10.0 Å². The molecule has 0 aromatic heterocycles. The molecule has 6 heteroatoms. The van der Waals surface area contributed by atoms with E-state index in [0.717, 1.165) is 25.7 Å². The van der Waals surface area contributed by atoms with Gasteiger partial charge in [-0.1, -0.05) is 15.9 Å². The van der Waals surface area contributed by atoms with E-state index in [-0.39, 0.29) is 22.8 Å². The molecule has 0 saturated carbocycles. The number of nitrogens with zero attached hydrogens (tertiary/aromatic N) is 1. The van der Waals surface area contributed by atoms with E-state index in [1.807, 2.05) is 0 Å².